The smallest absolute Gasteiger partial charge is 0.355 e. The maximum absolute atomic E-state index is 12.3. The molecule has 0 atom stereocenters. The van der Waals surface area contributed by atoms with E-state index in [-0.39, 0.29) is 5.97 Å². The van der Waals surface area contributed by atoms with Crippen molar-refractivity contribution in [3.63, 3.8) is 0 Å². The van der Waals surface area contributed by atoms with Gasteiger partial charge in [-0.05, 0) is 43.0 Å². The third-order valence-corrected chi connectivity index (χ3v) is 4.82. The van der Waals surface area contributed by atoms with Crippen LogP contribution in [0.4, 0.5) is 0 Å². The lowest BCUT2D eigenvalue weighted by atomic mass is 10.2. The van der Waals surface area contributed by atoms with E-state index in [1.165, 1.54) is 11.3 Å². The van der Waals surface area contributed by atoms with Crippen LogP contribution in [0.5, 0.6) is 5.75 Å². The van der Waals surface area contributed by atoms with Gasteiger partial charge in [0.1, 0.15) is 15.6 Å². The van der Waals surface area contributed by atoms with E-state index >= 15 is 0 Å². The van der Waals surface area contributed by atoms with Crippen LogP contribution in [0.15, 0.2) is 41.1 Å². The highest BCUT2D eigenvalue weighted by Crippen LogP contribution is 2.30. The molecule has 0 saturated carbocycles. The normalized spacial score (nSPS) is 10.6. The highest BCUT2D eigenvalue weighted by Gasteiger charge is 2.18. The predicted octanol–water partition coefficient (Wildman–Crippen LogP) is 4.71. The van der Waals surface area contributed by atoms with Crippen molar-refractivity contribution in [1.29, 1.82) is 0 Å². The van der Waals surface area contributed by atoms with Crippen LogP contribution >= 0.6 is 22.7 Å². The van der Waals surface area contributed by atoms with Gasteiger partial charge in [-0.15, -0.1) is 11.3 Å². The number of hydrogen-bond donors (Lipinski definition) is 0. The largest absolute Gasteiger partial charge is 0.422 e. The number of ether oxygens (including phenoxy) is 1. The third-order valence-electron chi connectivity index (χ3n) is 2.95. The van der Waals surface area contributed by atoms with Crippen LogP contribution in [-0.4, -0.2) is 11.0 Å². The van der Waals surface area contributed by atoms with Gasteiger partial charge in [-0.1, -0.05) is 12.1 Å². The molecule has 0 radical (unpaired) electrons. The van der Waals surface area contributed by atoms with E-state index in [4.69, 9.17) is 4.74 Å². The standard InChI is InChI=1S/C16H13NO2S2/c1-10-4-3-5-13(8-10)19-16(18)14-11(2)17-15(21-14)12-6-7-20-9-12/h3-9H,1-2H3. The van der Waals surface area contributed by atoms with Crippen LogP contribution in [0.25, 0.3) is 10.6 Å². The second-order valence-electron chi connectivity index (χ2n) is 4.65. The van der Waals surface area contributed by atoms with Crippen LogP contribution in [-0.2, 0) is 0 Å². The molecule has 0 aliphatic heterocycles. The Hall–Kier alpha value is -1.98. The molecule has 21 heavy (non-hydrogen) atoms. The molecule has 0 saturated heterocycles. The second-order valence-corrected chi connectivity index (χ2v) is 6.43. The summed E-state index contributed by atoms with van der Waals surface area (Å²) in [6.07, 6.45) is 0. The van der Waals surface area contributed by atoms with Crippen molar-refractivity contribution in [3.05, 3.63) is 57.2 Å². The molecule has 2 aromatic heterocycles. The Morgan fingerprint density at radius 2 is 2.10 bits per heavy atom. The summed E-state index contributed by atoms with van der Waals surface area (Å²) >= 11 is 2.98. The highest BCUT2D eigenvalue weighted by molar-refractivity contribution is 7.17. The molecule has 3 rings (SSSR count). The van der Waals surface area contributed by atoms with E-state index in [1.807, 2.05) is 48.9 Å². The lowest BCUT2D eigenvalue weighted by Crippen LogP contribution is -2.08. The molecule has 2 heterocycles. The van der Waals surface area contributed by atoms with Gasteiger partial charge in [-0.3, -0.25) is 0 Å². The maximum atomic E-state index is 12.3. The van der Waals surface area contributed by atoms with E-state index in [9.17, 15) is 4.79 Å². The quantitative estimate of drug-likeness (QED) is 0.519. The fourth-order valence-corrected chi connectivity index (χ4v) is 3.58. The van der Waals surface area contributed by atoms with Crippen LogP contribution < -0.4 is 4.74 Å². The molecule has 0 N–H and O–H groups in total. The first-order valence-corrected chi connectivity index (χ1v) is 8.18. The van der Waals surface area contributed by atoms with Gasteiger partial charge >= 0.3 is 5.97 Å². The summed E-state index contributed by atoms with van der Waals surface area (Å²) < 4.78 is 5.43. The van der Waals surface area contributed by atoms with Gasteiger partial charge in [-0.2, -0.15) is 11.3 Å². The van der Waals surface area contributed by atoms with Crippen molar-refractivity contribution >= 4 is 28.6 Å². The molecule has 0 spiro atoms. The summed E-state index contributed by atoms with van der Waals surface area (Å²) in [5, 5.41) is 4.87. The lowest BCUT2D eigenvalue weighted by Gasteiger charge is -2.03. The number of thiophene rings is 1. The molecule has 3 nitrogen and oxygen atoms in total. The van der Waals surface area contributed by atoms with Gasteiger partial charge in [0, 0.05) is 10.9 Å². The number of thiazole rings is 1. The SMILES string of the molecule is Cc1cccc(OC(=O)c2sc(-c3ccsc3)nc2C)c1. The fourth-order valence-electron chi connectivity index (χ4n) is 1.93. The Morgan fingerprint density at radius 3 is 2.81 bits per heavy atom. The van der Waals surface area contributed by atoms with E-state index in [0.717, 1.165) is 16.1 Å². The zero-order valence-electron chi connectivity index (χ0n) is 11.6. The second kappa shape index (κ2) is 5.79. The minimum Gasteiger partial charge on any atom is -0.422 e. The van der Waals surface area contributed by atoms with Crippen molar-refractivity contribution < 1.29 is 9.53 Å². The van der Waals surface area contributed by atoms with Crippen molar-refractivity contribution in [1.82, 2.24) is 4.98 Å². The summed E-state index contributed by atoms with van der Waals surface area (Å²) in [4.78, 5) is 17.3. The molecule has 3 aromatic rings. The van der Waals surface area contributed by atoms with Crippen molar-refractivity contribution in [3.8, 4) is 16.3 Å². The summed E-state index contributed by atoms with van der Waals surface area (Å²) in [6, 6.07) is 9.45. The summed E-state index contributed by atoms with van der Waals surface area (Å²) in [7, 11) is 0. The molecule has 0 aliphatic carbocycles. The number of esters is 1. The fraction of sp³-hybridized carbons (Fsp3) is 0.125. The molecule has 0 bridgehead atoms. The summed E-state index contributed by atoms with van der Waals surface area (Å²) in [5.74, 6) is 0.210. The Balaban J connectivity index is 1.85. The molecule has 0 aliphatic rings. The highest BCUT2D eigenvalue weighted by atomic mass is 32.1. The van der Waals surface area contributed by atoms with Crippen molar-refractivity contribution in [2.45, 2.75) is 13.8 Å². The summed E-state index contributed by atoms with van der Waals surface area (Å²) in [6.45, 7) is 3.79. The van der Waals surface area contributed by atoms with Gasteiger partial charge in [0.05, 0.1) is 5.69 Å². The number of carbonyl (C=O) groups excluding carboxylic acids is 1. The average molecular weight is 315 g/mol. The Morgan fingerprint density at radius 1 is 1.24 bits per heavy atom. The Bertz CT molecular complexity index is 775. The number of aromatic nitrogens is 1. The average Bonchev–Trinajstić information content (AvgIpc) is 3.07. The van der Waals surface area contributed by atoms with Crippen LogP contribution in [0, 0.1) is 13.8 Å². The number of aryl methyl sites for hydroxylation is 2. The zero-order chi connectivity index (χ0) is 14.8. The first-order chi connectivity index (χ1) is 10.1. The Labute approximate surface area is 130 Å². The van der Waals surface area contributed by atoms with Crippen molar-refractivity contribution in [2.24, 2.45) is 0 Å². The topological polar surface area (TPSA) is 39.2 Å². The van der Waals surface area contributed by atoms with Gasteiger partial charge < -0.3 is 4.74 Å². The van der Waals surface area contributed by atoms with Crippen LogP contribution in [0.1, 0.15) is 20.9 Å². The van der Waals surface area contributed by atoms with E-state index in [0.29, 0.717) is 16.3 Å². The number of rotatable bonds is 3. The van der Waals surface area contributed by atoms with Gasteiger partial charge in [0.2, 0.25) is 0 Å². The Kier molecular flexibility index (Phi) is 3.86. The molecule has 0 fully saturated rings. The molecule has 0 unspecified atom stereocenters. The molecule has 106 valence electrons. The minimum absolute atomic E-state index is 0.350. The monoisotopic (exact) mass is 315 g/mol. The first-order valence-electron chi connectivity index (χ1n) is 6.42. The van der Waals surface area contributed by atoms with E-state index in [2.05, 4.69) is 4.98 Å². The van der Waals surface area contributed by atoms with Crippen LogP contribution in [0.3, 0.4) is 0 Å². The summed E-state index contributed by atoms with van der Waals surface area (Å²) in [5.41, 5.74) is 2.81. The van der Waals surface area contributed by atoms with E-state index in [1.54, 1.807) is 17.4 Å². The first kappa shape index (κ1) is 14.0. The predicted molar refractivity (Wildman–Crippen MR) is 86.3 cm³/mol. The van der Waals surface area contributed by atoms with E-state index < -0.39 is 0 Å². The number of benzene rings is 1. The third kappa shape index (κ3) is 3.04. The van der Waals surface area contributed by atoms with Gasteiger partial charge in [-0.25, -0.2) is 9.78 Å². The zero-order valence-corrected chi connectivity index (χ0v) is 13.3. The number of carbonyl (C=O) groups is 1. The molecule has 0 amide bonds. The number of hydrogen-bond acceptors (Lipinski definition) is 5. The minimum atomic E-state index is -0.350. The van der Waals surface area contributed by atoms with Crippen molar-refractivity contribution in [2.75, 3.05) is 0 Å². The lowest BCUT2D eigenvalue weighted by molar-refractivity contribution is 0.0739. The molecular formula is C16H13NO2S2. The van der Waals surface area contributed by atoms with Gasteiger partial charge in [0.25, 0.3) is 0 Å². The van der Waals surface area contributed by atoms with Gasteiger partial charge in [0.15, 0.2) is 0 Å². The maximum Gasteiger partial charge on any atom is 0.355 e. The molecular weight excluding hydrogens is 302 g/mol. The molecule has 5 heteroatoms. The number of nitrogens with zero attached hydrogens (tertiary/aromatic N) is 1. The molecule has 1 aromatic carbocycles. The van der Waals surface area contributed by atoms with Crippen LogP contribution in [0.2, 0.25) is 0 Å².